The Labute approximate surface area is 177 Å². The zero-order chi connectivity index (χ0) is 21.4. The molecule has 2 fully saturated rings. The molecule has 1 unspecified atom stereocenters. The minimum atomic E-state index is -0.955. The number of likely N-dealkylation sites (N-methyl/N-ethyl adjacent to an activating group) is 1. The van der Waals surface area contributed by atoms with E-state index in [9.17, 15) is 14.0 Å². The first kappa shape index (κ1) is 20.9. The minimum Gasteiger partial charge on any atom is -0.315 e. The lowest BCUT2D eigenvalue weighted by atomic mass is 9.68. The topological polar surface area (TPSA) is 72.2 Å². The van der Waals surface area contributed by atoms with Gasteiger partial charge in [-0.25, -0.2) is 4.39 Å². The van der Waals surface area contributed by atoms with Crippen LogP contribution in [-0.2, 0) is 20.7 Å². The normalized spacial score (nSPS) is 29.8. The van der Waals surface area contributed by atoms with Crippen LogP contribution in [0.1, 0.15) is 67.6 Å². The molecule has 4 rings (SSSR count). The summed E-state index contributed by atoms with van der Waals surface area (Å²) >= 11 is 0. The first-order valence-corrected chi connectivity index (χ1v) is 10.8. The number of nitrogens with two attached hydrogens (primary N) is 1. The molecule has 2 aliphatic rings. The molecule has 2 saturated carbocycles. The van der Waals surface area contributed by atoms with E-state index in [0.29, 0.717) is 19.3 Å². The third-order valence-electron chi connectivity index (χ3n) is 7.07. The van der Waals surface area contributed by atoms with E-state index in [1.807, 2.05) is 24.3 Å². The molecule has 0 amide bonds. The Morgan fingerprint density at radius 1 is 1.00 bits per heavy atom. The summed E-state index contributed by atoms with van der Waals surface area (Å²) in [6, 6.07) is 13.9. The van der Waals surface area contributed by atoms with Crippen LogP contribution in [-0.4, -0.2) is 18.6 Å². The molecule has 158 valence electrons. The summed E-state index contributed by atoms with van der Waals surface area (Å²) in [6.07, 6.45) is 5.26. The molecule has 2 aromatic carbocycles. The maximum Gasteiger partial charge on any atom is 0.164 e. The number of benzene rings is 2. The number of hydrogen-bond donors (Lipinski definition) is 2. The number of Topliss-reactive ketones (excluding diaryl/α,β-unsaturated/α-hetero) is 2. The molecule has 2 aromatic rings. The van der Waals surface area contributed by atoms with Crippen LogP contribution in [0.25, 0.3) is 0 Å². The number of rotatable bonds is 4. The molecule has 2 aliphatic carbocycles. The molecule has 0 bridgehead atoms. The summed E-state index contributed by atoms with van der Waals surface area (Å²) < 4.78 is 13.5. The molecule has 0 aromatic heterocycles. The van der Waals surface area contributed by atoms with Crippen molar-refractivity contribution in [2.24, 2.45) is 5.73 Å². The van der Waals surface area contributed by atoms with Crippen molar-refractivity contribution < 1.29 is 14.0 Å². The second-order valence-electron chi connectivity index (χ2n) is 8.70. The standard InChI is InChI=1S/C25H29FN2O2/c1-28-25(18-10-12-20(26)13-11-18)15-5-8-21(23(25)30)17-6-4-7-19(16-17)24(27)14-3-2-9-22(24)29/h4,6-7,10-13,16,21,28H,2-3,5,8-9,14-15,27H2,1H3/t21?,24-,25-/m0/s1. The average molecular weight is 409 g/mol. The molecular formula is C25H29FN2O2. The Kier molecular flexibility index (Phi) is 5.60. The van der Waals surface area contributed by atoms with Gasteiger partial charge in [0.2, 0.25) is 0 Å². The van der Waals surface area contributed by atoms with Crippen LogP contribution >= 0.6 is 0 Å². The van der Waals surface area contributed by atoms with Gasteiger partial charge in [-0.05, 0) is 68.0 Å². The summed E-state index contributed by atoms with van der Waals surface area (Å²) in [5.41, 5.74) is 7.26. The quantitative estimate of drug-likeness (QED) is 0.800. The van der Waals surface area contributed by atoms with E-state index >= 15 is 0 Å². The molecule has 0 heterocycles. The van der Waals surface area contributed by atoms with Crippen molar-refractivity contribution in [3.63, 3.8) is 0 Å². The predicted molar refractivity (Wildman–Crippen MR) is 115 cm³/mol. The molecule has 30 heavy (non-hydrogen) atoms. The Hall–Kier alpha value is -2.37. The third kappa shape index (κ3) is 3.40. The number of ketones is 2. The molecular weight excluding hydrogens is 379 g/mol. The van der Waals surface area contributed by atoms with Crippen molar-refractivity contribution in [2.45, 2.75) is 61.9 Å². The third-order valence-corrected chi connectivity index (χ3v) is 7.07. The number of carbonyl (C=O) groups is 2. The lowest BCUT2D eigenvalue weighted by Crippen LogP contribution is -2.52. The van der Waals surface area contributed by atoms with Crippen LogP contribution in [0.5, 0.6) is 0 Å². The van der Waals surface area contributed by atoms with E-state index in [0.717, 1.165) is 42.4 Å². The fourth-order valence-corrected chi connectivity index (χ4v) is 5.24. The second-order valence-corrected chi connectivity index (χ2v) is 8.70. The summed E-state index contributed by atoms with van der Waals surface area (Å²) in [4.78, 5) is 26.3. The Morgan fingerprint density at radius 3 is 2.47 bits per heavy atom. The van der Waals surface area contributed by atoms with E-state index in [1.165, 1.54) is 12.1 Å². The Bertz CT molecular complexity index is 958. The second kappa shape index (κ2) is 8.05. The van der Waals surface area contributed by atoms with E-state index < -0.39 is 11.1 Å². The maximum atomic E-state index is 13.7. The molecule has 5 heteroatoms. The van der Waals surface area contributed by atoms with Crippen molar-refractivity contribution in [3.8, 4) is 0 Å². The van der Waals surface area contributed by atoms with Crippen LogP contribution in [0.2, 0.25) is 0 Å². The first-order valence-electron chi connectivity index (χ1n) is 10.8. The zero-order valence-corrected chi connectivity index (χ0v) is 17.4. The van der Waals surface area contributed by atoms with Crippen LogP contribution in [0.15, 0.2) is 48.5 Å². The van der Waals surface area contributed by atoms with Gasteiger partial charge in [0, 0.05) is 12.3 Å². The van der Waals surface area contributed by atoms with Crippen LogP contribution < -0.4 is 11.1 Å². The van der Waals surface area contributed by atoms with Gasteiger partial charge in [-0.2, -0.15) is 0 Å². The summed E-state index contributed by atoms with van der Waals surface area (Å²) in [6.45, 7) is 0. The number of hydrogen-bond acceptors (Lipinski definition) is 4. The van der Waals surface area contributed by atoms with E-state index in [2.05, 4.69) is 5.32 Å². The van der Waals surface area contributed by atoms with E-state index in [1.54, 1.807) is 19.2 Å². The molecule has 0 saturated heterocycles. The minimum absolute atomic E-state index is 0.0803. The van der Waals surface area contributed by atoms with Crippen molar-refractivity contribution in [2.75, 3.05) is 7.05 Å². The monoisotopic (exact) mass is 408 g/mol. The van der Waals surface area contributed by atoms with Crippen LogP contribution in [0.3, 0.4) is 0 Å². The molecule has 3 N–H and O–H groups in total. The van der Waals surface area contributed by atoms with Crippen molar-refractivity contribution >= 4 is 11.6 Å². The van der Waals surface area contributed by atoms with Gasteiger partial charge >= 0.3 is 0 Å². The smallest absolute Gasteiger partial charge is 0.164 e. The number of halogens is 1. The highest BCUT2D eigenvalue weighted by Gasteiger charge is 2.46. The van der Waals surface area contributed by atoms with Gasteiger partial charge in [0.05, 0.1) is 0 Å². The Balaban J connectivity index is 1.70. The van der Waals surface area contributed by atoms with Crippen molar-refractivity contribution in [1.29, 1.82) is 0 Å². The maximum absolute atomic E-state index is 13.7. The number of nitrogens with one attached hydrogen (secondary N) is 1. The summed E-state index contributed by atoms with van der Waals surface area (Å²) in [7, 11) is 1.79. The van der Waals surface area contributed by atoms with Gasteiger partial charge in [-0.1, -0.05) is 42.8 Å². The van der Waals surface area contributed by atoms with Crippen molar-refractivity contribution in [3.05, 3.63) is 71.0 Å². The highest BCUT2D eigenvalue weighted by molar-refractivity contribution is 5.96. The highest BCUT2D eigenvalue weighted by Crippen LogP contribution is 2.42. The number of carbonyl (C=O) groups excluding carboxylic acids is 2. The van der Waals surface area contributed by atoms with Crippen molar-refractivity contribution in [1.82, 2.24) is 5.32 Å². The molecule has 0 spiro atoms. The fraction of sp³-hybridized carbons (Fsp3) is 0.440. The van der Waals surface area contributed by atoms with Gasteiger partial charge < -0.3 is 11.1 Å². The largest absolute Gasteiger partial charge is 0.315 e. The SMILES string of the molecule is CN[C@]1(c2ccc(F)cc2)CCCC(c2cccc([C@@]3(N)CCCCC3=O)c2)C1=O. The van der Waals surface area contributed by atoms with Gasteiger partial charge in [0.15, 0.2) is 11.6 Å². The lowest BCUT2D eigenvalue weighted by Gasteiger charge is -2.40. The fourth-order valence-electron chi connectivity index (χ4n) is 5.24. The predicted octanol–water partition coefficient (Wildman–Crippen LogP) is 4.07. The molecule has 0 aliphatic heterocycles. The Morgan fingerprint density at radius 2 is 1.77 bits per heavy atom. The van der Waals surface area contributed by atoms with Gasteiger partial charge in [0.1, 0.15) is 16.9 Å². The van der Waals surface area contributed by atoms with Crippen LogP contribution in [0.4, 0.5) is 4.39 Å². The highest BCUT2D eigenvalue weighted by atomic mass is 19.1. The van der Waals surface area contributed by atoms with E-state index in [4.69, 9.17) is 5.73 Å². The molecule has 0 radical (unpaired) electrons. The van der Waals surface area contributed by atoms with Gasteiger partial charge in [0.25, 0.3) is 0 Å². The zero-order valence-electron chi connectivity index (χ0n) is 17.4. The van der Waals surface area contributed by atoms with Gasteiger partial charge in [-0.15, -0.1) is 0 Å². The lowest BCUT2D eigenvalue weighted by molar-refractivity contribution is -0.129. The summed E-state index contributed by atoms with van der Waals surface area (Å²) in [5, 5.41) is 3.24. The van der Waals surface area contributed by atoms with Crippen LogP contribution in [0, 0.1) is 5.82 Å². The van der Waals surface area contributed by atoms with Gasteiger partial charge in [-0.3, -0.25) is 9.59 Å². The molecule has 4 nitrogen and oxygen atoms in total. The average Bonchev–Trinajstić information content (AvgIpc) is 2.77. The summed E-state index contributed by atoms with van der Waals surface area (Å²) in [5.74, 6) is -0.445. The van der Waals surface area contributed by atoms with E-state index in [-0.39, 0.29) is 23.3 Å². The first-order chi connectivity index (χ1) is 14.4. The molecule has 3 atom stereocenters.